The van der Waals surface area contributed by atoms with E-state index in [9.17, 15) is 14.4 Å². The number of carbonyl (C=O) groups is 3. The molecule has 12 heteroatoms. The number of amides is 3. The molecule has 12 nitrogen and oxygen atoms in total. The smallest absolute Gasteiger partial charge is 0.410 e. The molecule has 202 valence electrons. The van der Waals surface area contributed by atoms with E-state index in [-0.39, 0.29) is 24.0 Å². The molecule has 2 heterocycles. The van der Waals surface area contributed by atoms with Crippen molar-refractivity contribution in [1.29, 1.82) is 0 Å². The van der Waals surface area contributed by atoms with Gasteiger partial charge in [-0.1, -0.05) is 13.8 Å². The summed E-state index contributed by atoms with van der Waals surface area (Å²) in [6, 6.07) is 3.53. The van der Waals surface area contributed by atoms with Crippen molar-refractivity contribution in [2.45, 2.75) is 59.4 Å². The number of hydrogen-bond acceptors (Lipinski definition) is 9. The van der Waals surface area contributed by atoms with Crippen LogP contribution in [-0.2, 0) is 22.4 Å². The topological polar surface area (TPSA) is 164 Å². The molecule has 0 spiro atoms. The van der Waals surface area contributed by atoms with Gasteiger partial charge in [-0.2, -0.15) is 0 Å². The predicted octanol–water partition coefficient (Wildman–Crippen LogP) is 2.62. The minimum atomic E-state index is -0.681. The molecule has 0 bridgehead atoms. The van der Waals surface area contributed by atoms with Crippen LogP contribution in [-0.4, -0.2) is 70.0 Å². The summed E-state index contributed by atoms with van der Waals surface area (Å²) in [7, 11) is 1.28. The Morgan fingerprint density at radius 1 is 1.11 bits per heavy atom. The number of ether oxygens (including phenoxy) is 1. The van der Waals surface area contributed by atoms with Crippen molar-refractivity contribution < 1.29 is 19.1 Å². The average molecular weight is 515 g/mol. The third-order valence-corrected chi connectivity index (χ3v) is 5.37. The molecule has 0 unspecified atom stereocenters. The number of nitrogens with one attached hydrogen (secondary N) is 3. The lowest BCUT2D eigenvalue weighted by atomic mass is 10.1. The number of carbonyl (C=O) groups excluding carboxylic acids is 3. The molecule has 3 amide bonds. The zero-order chi connectivity index (χ0) is 27.6. The van der Waals surface area contributed by atoms with E-state index < -0.39 is 17.5 Å². The van der Waals surface area contributed by atoms with Crippen molar-refractivity contribution in [3.8, 4) is 0 Å². The molecule has 2 aromatic rings. The predicted molar refractivity (Wildman–Crippen MR) is 142 cm³/mol. The average Bonchev–Trinajstić information content (AvgIpc) is 2.85. The van der Waals surface area contributed by atoms with Crippen molar-refractivity contribution in [2.75, 3.05) is 37.4 Å². The highest BCUT2D eigenvalue weighted by molar-refractivity contribution is 5.96. The van der Waals surface area contributed by atoms with Crippen molar-refractivity contribution in [3.05, 3.63) is 35.4 Å². The fourth-order valence-electron chi connectivity index (χ4n) is 3.41. The largest absolute Gasteiger partial charge is 0.453 e. The molecule has 0 fully saturated rings. The number of hydrogen-bond donors (Lipinski definition) is 4. The van der Waals surface area contributed by atoms with Gasteiger partial charge < -0.3 is 26.4 Å². The molecular formula is C25H38N8O4. The number of methoxy groups -OCH3 is 1. The summed E-state index contributed by atoms with van der Waals surface area (Å²) in [5.41, 5.74) is 7.06. The van der Waals surface area contributed by atoms with E-state index >= 15 is 0 Å². The van der Waals surface area contributed by atoms with Crippen LogP contribution in [0.25, 0.3) is 0 Å². The summed E-state index contributed by atoms with van der Waals surface area (Å²) in [4.78, 5) is 51.2. The van der Waals surface area contributed by atoms with Gasteiger partial charge in [0, 0.05) is 42.6 Å². The van der Waals surface area contributed by atoms with E-state index in [2.05, 4.69) is 30.9 Å². The molecule has 0 saturated heterocycles. The Bertz CT molecular complexity index is 1100. The highest BCUT2D eigenvalue weighted by atomic mass is 16.5. The summed E-state index contributed by atoms with van der Waals surface area (Å²) >= 11 is 0. The molecule has 0 aliphatic rings. The van der Waals surface area contributed by atoms with E-state index in [0.29, 0.717) is 42.3 Å². The summed E-state index contributed by atoms with van der Waals surface area (Å²) in [6.45, 7) is 10.4. The van der Waals surface area contributed by atoms with Crippen LogP contribution < -0.4 is 21.7 Å². The highest BCUT2D eigenvalue weighted by Crippen LogP contribution is 2.23. The lowest BCUT2D eigenvalue weighted by Crippen LogP contribution is -2.50. The summed E-state index contributed by atoms with van der Waals surface area (Å²) in [5, 5.41) is 9.17. The van der Waals surface area contributed by atoms with E-state index in [4.69, 9.17) is 10.5 Å². The van der Waals surface area contributed by atoms with Crippen LogP contribution in [0.4, 0.5) is 22.1 Å². The first-order valence-corrected chi connectivity index (χ1v) is 12.3. The molecule has 0 aliphatic carbocycles. The molecular weight excluding hydrogens is 476 g/mol. The third-order valence-electron chi connectivity index (χ3n) is 5.37. The Balaban J connectivity index is 2.10. The minimum absolute atomic E-state index is 0.0542. The van der Waals surface area contributed by atoms with Crippen LogP contribution in [0, 0.1) is 0 Å². The Morgan fingerprint density at radius 3 is 2.43 bits per heavy atom. The van der Waals surface area contributed by atoms with Crippen molar-refractivity contribution in [3.63, 3.8) is 0 Å². The Hall–Kier alpha value is -3.96. The van der Waals surface area contributed by atoms with Crippen LogP contribution in [0.3, 0.4) is 0 Å². The standard InChI is InChI=1S/C25H38N8O4/c1-7-11-29-22-18(8-2)31-20(21(26)35)23(32-22)30-17-10-12-27-16(14-17)9-13-28-19(34)15-33(24(36)37-6)25(3,4)5/h10,12,14H,7-9,11,13,15H2,1-6H3,(H2,26,35)(H,28,34)(H2,27,29,30,32). The zero-order valence-electron chi connectivity index (χ0n) is 22.5. The number of nitrogens with zero attached hydrogens (tertiary/aromatic N) is 4. The lowest BCUT2D eigenvalue weighted by Gasteiger charge is -2.33. The molecule has 5 N–H and O–H groups in total. The minimum Gasteiger partial charge on any atom is -0.453 e. The highest BCUT2D eigenvalue weighted by Gasteiger charge is 2.29. The van der Waals surface area contributed by atoms with Crippen LogP contribution in [0.2, 0.25) is 0 Å². The van der Waals surface area contributed by atoms with Gasteiger partial charge in [0.25, 0.3) is 5.91 Å². The molecule has 2 rings (SSSR count). The van der Waals surface area contributed by atoms with Crippen LogP contribution in [0.5, 0.6) is 0 Å². The Morgan fingerprint density at radius 2 is 1.84 bits per heavy atom. The second kappa shape index (κ2) is 13.4. The SMILES string of the molecule is CCCNc1nc(Nc2ccnc(CCNC(=O)CN(C(=O)OC)C(C)(C)C)c2)c(C(N)=O)nc1CC. The molecule has 2 aromatic heterocycles. The van der Waals surface area contributed by atoms with Gasteiger partial charge in [0.15, 0.2) is 11.5 Å². The second-order valence-corrected chi connectivity index (χ2v) is 9.35. The molecule has 0 radical (unpaired) electrons. The van der Waals surface area contributed by atoms with Crippen LogP contribution >= 0.6 is 0 Å². The van der Waals surface area contributed by atoms with E-state index in [0.717, 1.165) is 13.0 Å². The molecule has 0 saturated carbocycles. The zero-order valence-corrected chi connectivity index (χ0v) is 22.5. The van der Waals surface area contributed by atoms with Gasteiger partial charge in [0.2, 0.25) is 5.91 Å². The molecule has 0 aromatic carbocycles. The number of rotatable bonds is 12. The monoisotopic (exact) mass is 514 g/mol. The maximum Gasteiger partial charge on any atom is 0.410 e. The Labute approximate surface area is 217 Å². The number of nitrogens with two attached hydrogens (primary N) is 1. The maximum atomic E-state index is 12.4. The fraction of sp³-hybridized carbons (Fsp3) is 0.520. The first-order chi connectivity index (χ1) is 17.5. The third kappa shape index (κ3) is 8.58. The molecule has 37 heavy (non-hydrogen) atoms. The summed E-state index contributed by atoms with van der Waals surface area (Å²) < 4.78 is 4.79. The van der Waals surface area contributed by atoms with Gasteiger partial charge in [-0.3, -0.25) is 19.5 Å². The van der Waals surface area contributed by atoms with Gasteiger partial charge in [0.05, 0.1) is 12.8 Å². The second-order valence-electron chi connectivity index (χ2n) is 9.35. The molecule has 0 atom stereocenters. The Kier molecular flexibility index (Phi) is 10.6. The lowest BCUT2D eigenvalue weighted by molar-refractivity contribution is -0.123. The van der Waals surface area contributed by atoms with Gasteiger partial charge >= 0.3 is 6.09 Å². The van der Waals surface area contributed by atoms with Gasteiger partial charge in [0.1, 0.15) is 12.4 Å². The number of aromatic nitrogens is 3. The number of aryl methyl sites for hydroxylation is 1. The fourth-order valence-corrected chi connectivity index (χ4v) is 3.41. The van der Waals surface area contributed by atoms with Crippen LogP contribution in [0.1, 0.15) is 62.9 Å². The number of pyridine rings is 1. The first-order valence-electron chi connectivity index (χ1n) is 12.3. The van der Waals surface area contributed by atoms with Crippen molar-refractivity contribution in [1.82, 2.24) is 25.2 Å². The van der Waals surface area contributed by atoms with Gasteiger partial charge in [-0.15, -0.1) is 0 Å². The first kappa shape index (κ1) is 29.3. The van der Waals surface area contributed by atoms with E-state index in [1.54, 1.807) is 18.3 Å². The van der Waals surface area contributed by atoms with Crippen LogP contribution in [0.15, 0.2) is 18.3 Å². The normalized spacial score (nSPS) is 11.0. The maximum absolute atomic E-state index is 12.4. The van der Waals surface area contributed by atoms with Gasteiger partial charge in [-0.05, 0) is 45.7 Å². The van der Waals surface area contributed by atoms with E-state index in [1.807, 2.05) is 34.6 Å². The number of anilines is 3. The number of primary amides is 1. The van der Waals surface area contributed by atoms with Crippen molar-refractivity contribution >= 4 is 35.2 Å². The van der Waals surface area contributed by atoms with Gasteiger partial charge in [-0.25, -0.2) is 14.8 Å². The summed E-state index contributed by atoms with van der Waals surface area (Å²) in [5.74, 6) is -0.136. The van der Waals surface area contributed by atoms with Crippen molar-refractivity contribution in [2.24, 2.45) is 5.73 Å². The quantitative estimate of drug-likeness (QED) is 0.333. The molecule has 0 aliphatic heterocycles. The summed E-state index contributed by atoms with van der Waals surface area (Å²) in [6.07, 6.45) is 3.00. The van der Waals surface area contributed by atoms with E-state index in [1.165, 1.54) is 12.0 Å².